The molecule has 0 radical (unpaired) electrons. The molecule has 1 amide bonds. The van der Waals surface area contributed by atoms with E-state index in [1.807, 2.05) is 20.8 Å². The summed E-state index contributed by atoms with van der Waals surface area (Å²) in [6, 6.07) is 0.645. The number of alkyl carbamates (subject to hydrolysis) is 1. The molecule has 0 aromatic rings. The second kappa shape index (κ2) is 8.76. The minimum Gasteiger partial charge on any atom is -0.444 e. The van der Waals surface area contributed by atoms with E-state index in [4.69, 9.17) is 4.74 Å². The van der Waals surface area contributed by atoms with Crippen molar-refractivity contribution < 1.29 is 9.53 Å². The van der Waals surface area contributed by atoms with E-state index in [-0.39, 0.29) is 6.09 Å². The van der Waals surface area contributed by atoms with E-state index in [0.29, 0.717) is 24.4 Å². The van der Waals surface area contributed by atoms with Crippen LogP contribution in [0.5, 0.6) is 0 Å². The summed E-state index contributed by atoms with van der Waals surface area (Å²) < 4.78 is 5.31. The summed E-state index contributed by atoms with van der Waals surface area (Å²) in [6.07, 6.45) is 4.95. The molecule has 1 fully saturated rings. The zero-order chi connectivity index (χ0) is 16.8. The van der Waals surface area contributed by atoms with Crippen LogP contribution in [0.1, 0.15) is 67.2 Å². The van der Waals surface area contributed by atoms with Gasteiger partial charge < -0.3 is 15.4 Å². The molecule has 2 N–H and O–H groups in total. The molecule has 0 heterocycles. The van der Waals surface area contributed by atoms with Crippen molar-refractivity contribution in [3.8, 4) is 0 Å². The van der Waals surface area contributed by atoms with Crippen LogP contribution in [-0.4, -0.2) is 30.8 Å². The number of carbonyl (C=O) groups excluding carboxylic acids is 1. The minimum atomic E-state index is -0.437. The molecule has 1 aliphatic rings. The first kappa shape index (κ1) is 19.3. The van der Waals surface area contributed by atoms with Crippen molar-refractivity contribution >= 4 is 6.09 Å². The molecule has 22 heavy (non-hydrogen) atoms. The normalized spacial score (nSPS) is 24.1. The third-order valence-corrected chi connectivity index (χ3v) is 4.46. The van der Waals surface area contributed by atoms with Crippen molar-refractivity contribution in [2.24, 2.45) is 17.8 Å². The summed E-state index contributed by atoms with van der Waals surface area (Å²) in [7, 11) is 0. The van der Waals surface area contributed by atoms with Crippen LogP contribution < -0.4 is 10.6 Å². The molecule has 1 aliphatic carbocycles. The van der Waals surface area contributed by atoms with Gasteiger partial charge in [-0.05, 0) is 51.4 Å². The first-order chi connectivity index (χ1) is 10.2. The van der Waals surface area contributed by atoms with Gasteiger partial charge in [0.2, 0.25) is 0 Å². The number of ether oxygens (including phenoxy) is 1. The van der Waals surface area contributed by atoms with Gasteiger partial charge >= 0.3 is 6.09 Å². The van der Waals surface area contributed by atoms with E-state index < -0.39 is 5.60 Å². The standard InChI is InChI=1S/C18H36N2O2/c1-13(2)15(12-20-17(21)22-18(4,5)6)11-19-16-9-7-8-14(3)10-16/h13-16,19H,7-12H2,1-6H3,(H,20,21). The summed E-state index contributed by atoms with van der Waals surface area (Å²) in [6.45, 7) is 14.1. The molecule has 1 rings (SSSR count). The highest BCUT2D eigenvalue weighted by Crippen LogP contribution is 2.23. The number of hydrogen-bond acceptors (Lipinski definition) is 3. The summed E-state index contributed by atoms with van der Waals surface area (Å²) >= 11 is 0. The molecule has 130 valence electrons. The van der Waals surface area contributed by atoms with Gasteiger partial charge in [0.1, 0.15) is 5.60 Å². The summed E-state index contributed by atoms with van der Waals surface area (Å²) in [5.41, 5.74) is -0.437. The van der Waals surface area contributed by atoms with Crippen LogP contribution in [0.4, 0.5) is 4.79 Å². The van der Waals surface area contributed by atoms with E-state index in [9.17, 15) is 4.79 Å². The maximum Gasteiger partial charge on any atom is 0.407 e. The van der Waals surface area contributed by atoms with Gasteiger partial charge in [-0.1, -0.05) is 33.6 Å². The number of carbonyl (C=O) groups is 1. The first-order valence-corrected chi connectivity index (χ1v) is 8.87. The predicted molar refractivity (Wildman–Crippen MR) is 92.0 cm³/mol. The lowest BCUT2D eigenvalue weighted by Gasteiger charge is -2.30. The number of hydrogen-bond donors (Lipinski definition) is 2. The lowest BCUT2D eigenvalue weighted by Crippen LogP contribution is -2.42. The van der Waals surface area contributed by atoms with Crippen LogP contribution in [0.2, 0.25) is 0 Å². The van der Waals surface area contributed by atoms with Gasteiger partial charge in [-0.3, -0.25) is 0 Å². The van der Waals surface area contributed by atoms with Crippen molar-refractivity contribution in [2.75, 3.05) is 13.1 Å². The van der Waals surface area contributed by atoms with Crippen LogP contribution in [-0.2, 0) is 4.74 Å². The van der Waals surface area contributed by atoms with Crippen LogP contribution >= 0.6 is 0 Å². The van der Waals surface area contributed by atoms with Gasteiger partial charge in [-0.2, -0.15) is 0 Å². The highest BCUT2D eigenvalue weighted by Gasteiger charge is 2.22. The van der Waals surface area contributed by atoms with Crippen molar-refractivity contribution in [3.05, 3.63) is 0 Å². The Hall–Kier alpha value is -0.770. The average molecular weight is 312 g/mol. The van der Waals surface area contributed by atoms with Gasteiger partial charge in [0.25, 0.3) is 0 Å². The topological polar surface area (TPSA) is 50.4 Å². The fraction of sp³-hybridized carbons (Fsp3) is 0.944. The van der Waals surface area contributed by atoms with Gasteiger partial charge in [0.05, 0.1) is 0 Å². The zero-order valence-corrected chi connectivity index (χ0v) is 15.4. The molecular weight excluding hydrogens is 276 g/mol. The first-order valence-electron chi connectivity index (χ1n) is 8.87. The van der Waals surface area contributed by atoms with E-state index >= 15 is 0 Å². The van der Waals surface area contributed by atoms with Crippen molar-refractivity contribution in [1.29, 1.82) is 0 Å². The quantitative estimate of drug-likeness (QED) is 0.780. The zero-order valence-electron chi connectivity index (χ0n) is 15.4. The lowest BCUT2D eigenvalue weighted by atomic mass is 9.86. The summed E-state index contributed by atoms with van der Waals surface area (Å²) in [5.74, 6) is 1.80. The second-order valence-corrected chi connectivity index (χ2v) is 8.26. The maximum absolute atomic E-state index is 11.8. The number of amides is 1. The van der Waals surface area contributed by atoms with Crippen LogP contribution in [0, 0.1) is 17.8 Å². The van der Waals surface area contributed by atoms with Crippen molar-refractivity contribution in [3.63, 3.8) is 0 Å². The smallest absolute Gasteiger partial charge is 0.407 e. The summed E-state index contributed by atoms with van der Waals surface area (Å²) in [4.78, 5) is 11.8. The maximum atomic E-state index is 11.8. The van der Waals surface area contributed by atoms with Gasteiger partial charge in [0, 0.05) is 19.1 Å². The van der Waals surface area contributed by atoms with Gasteiger partial charge in [-0.15, -0.1) is 0 Å². The molecule has 4 heteroatoms. The highest BCUT2D eigenvalue weighted by molar-refractivity contribution is 5.67. The van der Waals surface area contributed by atoms with Crippen molar-refractivity contribution in [1.82, 2.24) is 10.6 Å². The molecule has 0 saturated heterocycles. The van der Waals surface area contributed by atoms with Crippen molar-refractivity contribution in [2.45, 2.75) is 78.9 Å². The Labute approximate surface area is 136 Å². The molecule has 0 bridgehead atoms. The highest BCUT2D eigenvalue weighted by atomic mass is 16.6. The van der Waals surface area contributed by atoms with E-state index in [1.54, 1.807) is 0 Å². The third-order valence-electron chi connectivity index (χ3n) is 4.46. The Kier molecular flexibility index (Phi) is 7.67. The molecular formula is C18H36N2O2. The minimum absolute atomic E-state index is 0.315. The summed E-state index contributed by atoms with van der Waals surface area (Å²) in [5, 5.41) is 6.63. The van der Waals surface area contributed by atoms with Crippen LogP contribution in [0.25, 0.3) is 0 Å². The lowest BCUT2D eigenvalue weighted by molar-refractivity contribution is 0.0514. The van der Waals surface area contributed by atoms with Crippen LogP contribution in [0.15, 0.2) is 0 Å². The molecule has 1 saturated carbocycles. The fourth-order valence-electron chi connectivity index (χ4n) is 3.01. The Balaban J connectivity index is 2.34. The third kappa shape index (κ3) is 8.02. The Morgan fingerprint density at radius 3 is 2.45 bits per heavy atom. The molecule has 3 unspecified atom stereocenters. The molecule has 0 aliphatic heterocycles. The molecule has 3 atom stereocenters. The van der Waals surface area contributed by atoms with E-state index in [2.05, 4.69) is 31.4 Å². The Bertz CT molecular complexity index is 336. The predicted octanol–water partition coefficient (Wildman–Crippen LogP) is 3.95. The van der Waals surface area contributed by atoms with E-state index in [1.165, 1.54) is 25.7 Å². The Morgan fingerprint density at radius 2 is 1.91 bits per heavy atom. The molecule has 0 aromatic carbocycles. The largest absolute Gasteiger partial charge is 0.444 e. The number of nitrogens with one attached hydrogen (secondary N) is 2. The Morgan fingerprint density at radius 1 is 1.23 bits per heavy atom. The van der Waals surface area contributed by atoms with Gasteiger partial charge in [0.15, 0.2) is 0 Å². The molecule has 0 spiro atoms. The fourth-order valence-corrected chi connectivity index (χ4v) is 3.01. The molecule has 4 nitrogen and oxygen atoms in total. The number of rotatable bonds is 6. The average Bonchev–Trinajstić information content (AvgIpc) is 2.36. The monoisotopic (exact) mass is 312 g/mol. The second-order valence-electron chi connectivity index (χ2n) is 8.26. The SMILES string of the molecule is CC1CCCC(NCC(CNC(=O)OC(C)(C)C)C(C)C)C1. The van der Waals surface area contributed by atoms with Crippen LogP contribution in [0.3, 0.4) is 0 Å². The van der Waals surface area contributed by atoms with E-state index in [0.717, 1.165) is 12.5 Å². The molecule has 0 aromatic heterocycles. The van der Waals surface area contributed by atoms with Gasteiger partial charge in [-0.25, -0.2) is 4.79 Å².